The number of carbonyl (C=O) groups is 3. The number of amides is 2. The predicted molar refractivity (Wildman–Crippen MR) is 72.7 cm³/mol. The van der Waals surface area contributed by atoms with Gasteiger partial charge in [-0.25, -0.2) is 4.79 Å². The van der Waals surface area contributed by atoms with Crippen LogP contribution in [-0.2, 0) is 9.59 Å². The number of thiophene rings is 1. The van der Waals surface area contributed by atoms with Crippen LogP contribution in [0.15, 0.2) is 0 Å². The van der Waals surface area contributed by atoms with Crippen LogP contribution in [0.3, 0.4) is 0 Å². The maximum absolute atomic E-state index is 11.8. The van der Waals surface area contributed by atoms with Crippen molar-refractivity contribution in [1.82, 2.24) is 5.32 Å². The third-order valence-corrected chi connectivity index (χ3v) is 3.77. The molecule has 1 rings (SSSR count). The van der Waals surface area contributed by atoms with Gasteiger partial charge in [0.2, 0.25) is 11.8 Å². The zero-order valence-corrected chi connectivity index (χ0v) is 12.0. The van der Waals surface area contributed by atoms with E-state index < -0.39 is 17.9 Å². The lowest BCUT2D eigenvalue weighted by Crippen LogP contribution is -2.40. The van der Waals surface area contributed by atoms with Crippen LogP contribution in [0, 0.1) is 13.8 Å². The summed E-state index contributed by atoms with van der Waals surface area (Å²) in [5, 5.41) is 14.4. The molecular weight excluding hydrogens is 268 g/mol. The van der Waals surface area contributed by atoms with Crippen LogP contribution in [-0.4, -0.2) is 28.9 Å². The number of rotatable bonds is 4. The van der Waals surface area contributed by atoms with E-state index in [1.54, 1.807) is 13.8 Å². The van der Waals surface area contributed by atoms with Crippen molar-refractivity contribution in [2.45, 2.75) is 33.7 Å². The highest BCUT2D eigenvalue weighted by Gasteiger charge is 2.22. The monoisotopic (exact) mass is 284 g/mol. The number of aryl methyl sites for hydroxylation is 1. The molecule has 0 saturated carbocycles. The fourth-order valence-corrected chi connectivity index (χ4v) is 2.62. The van der Waals surface area contributed by atoms with Crippen LogP contribution in [0.4, 0.5) is 5.00 Å². The standard InChI is InChI=1S/C12H16N2O4S/c1-5-7(3)19-11(9(5)12(17)18)14-10(16)6(2)13-8(4)15/h6H,1-4H3,(H,13,15)(H,14,16)(H,17,18). The molecule has 1 atom stereocenters. The van der Waals surface area contributed by atoms with Gasteiger partial charge in [-0.15, -0.1) is 11.3 Å². The van der Waals surface area contributed by atoms with E-state index in [-0.39, 0.29) is 11.5 Å². The second-order valence-electron chi connectivity index (χ2n) is 4.20. The predicted octanol–water partition coefficient (Wildman–Crippen LogP) is 1.53. The van der Waals surface area contributed by atoms with Gasteiger partial charge in [0.1, 0.15) is 11.0 Å². The Bertz CT molecular complexity index is 536. The van der Waals surface area contributed by atoms with Crippen LogP contribution in [0.25, 0.3) is 0 Å². The molecule has 0 spiro atoms. The summed E-state index contributed by atoms with van der Waals surface area (Å²) in [6.45, 7) is 6.33. The van der Waals surface area contributed by atoms with Crippen molar-refractivity contribution in [3.05, 3.63) is 16.0 Å². The summed E-state index contributed by atoms with van der Waals surface area (Å²) < 4.78 is 0. The number of anilines is 1. The Morgan fingerprint density at radius 2 is 1.84 bits per heavy atom. The summed E-state index contributed by atoms with van der Waals surface area (Å²) in [7, 11) is 0. The summed E-state index contributed by atoms with van der Waals surface area (Å²) in [5.41, 5.74) is 0.742. The molecule has 6 nitrogen and oxygen atoms in total. The van der Waals surface area contributed by atoms with Gasteiger partial charge in [-0.1, -0.05) is 0 Å². The number of carboxylic acid groups (broad SMARTS) is 1. The Morgan fingerprint density at radius 1 is 1.26 bits per heavy atom. The maximum atomic E-state index is 11.8. The highest BCUT2D eigenvalue weighted by molar-refractivity contribution is 7.16. The molecule has 0 bridgehead atoms. The van der Waals surface area contributed by atoms with Crippen molar-refractivity contribution in [2.24, 2.45) is 0 Å². The van der Waals surface area contributed by atoms with Crippen molar-refractivity contribution in [3.8, 4) is 0 Å². The number of nitrogens with one attached hydrogen (secondary N) is 2. The van der Waals surface area contributed by atoms with Crippen molar-refractivity contribution < 1.29 is 19.5 Å². The number of hydrogen-bond acceptors (Lipinski definition) is 4. The summed E-state index contributed by atoms with van der Waals surface area (Å²) in [5.74, 6) is -1.84. The molecule has 1 aromatic rings. The van der Waals surface area contributed by atoms with Gasteiger partial charge in [0.15, 0.2) is 0 Å². The summed E-state index contributed by atoms with van der Waals surface area (Å²) in [6, 6.07) is -0.721. The molecule has 7 heteroatoms. The smallest absolute Gasteiger partial charge is 0.338 e. The van der Waals surface area contributed by atoms with Crippen LogP contribution >= 0.6 is 11.3 Å². The van der Waals surface area contributed by atoms with E-state index in [1.165, 1.54) is 25.2 Å². The van der Waals surface area contributed by atoms with Gasteiger partial charge >= 0.3 is 5.97 Å². The molecule has 0 aliphatic rings. The molecule has 104 valence electrons. The van der Waals surface area contributed by atoms with Crippen molar-refractivity contribution in [2.75, 3.05) is 5.32 Å². The van der Waals surface area contributed by atoms with Gasteiger partial charge in [-0.2, -0.15) is 0 Å². The summed E-state index contributed by atoms with van der Waals surface area (Å²) in [4.78, 5) is 34.7. The van der Waals surface area contributed by atoms with E-state index in [2.05, 4.69) is 10.6 Å². The molecule has 0 aliphatic carbocycles. The first-order valence-corrected chi connectivity index (χ1v) is 6.47. The van der Waals surface area contributed by atoms with Crippen LogP contribution in [0.1, 0.15) is 34.6 Å². The lowest BCUT2D eigenvalue weighted by molar-refractivity contribution is -0.124. The largest absolute Gasteiger partial charge is 0.478 e. The lowest BCUT2D eigenvalue weighted by Gasteiger charge is -2.12. The van der Waals surface area contributed by atoms with Gasteiger partial charge in [0.25, 0.3) is 0 Å². The molecule has 1 unspecified atom stereocenters. The fourth-order valence-electron chi connectivity index (χ4n) is 1.56. The highest BCUT2D eigenvalue weighted by Crippen LogP contribution is 2.32. The minimum Gasteiger partial charge on any atom is -0.478 e. The Hall–Kier alpha value is -1.89. The molecule has 0 fully saturated rings. The molecule has 1 heterocycles. The van der Waals surface area contributed by atoms with Crippen molar-refractivity contribution >= 4 is 34.1 Å². The minimum absolute atomic E-state index is 0.103. The number of carboxylic acids is 1. The fraction of sp³-hybridized carbons (Fsp3) is 0.417. The van der Waals surface area contributed by atoms with Crippen molar-refractivity contribution in [3.63, 3.8) is 0 Å². The van der Waals surface area contributed by atoms with Crippen LogP contribution < -0.4 is 10.6 Å². The molecule has 0 aliphatic heterocycles. The molecule has 2 amide bonds. The first-order valence-electron chi connectivity index (χ1n) is 5.65. The molecule has 1 aromatic heterocycles. The Kier molecular flexibility index (Phi) is 4.66. The van der Waals surface area contributed by atoms with Gasteiger partial charge in [-0.05, 0) is 26.3 Å². The molecule has 0 saturated heterocycles. The van der Waals surface area contributed by atoms with Crippen molar-refractivity contribution in [1.29, 1.82) is 0 Å². The number of hydrogen-bond donors (Lipinski definition) is 3. The normalized spacial score (nSPS) is 11.8. The first-order chi connectivity index (χ1) is 8.73. The number of aromatic carboxylic acids is 1. The van der Waals surface area contributed by atoms with Gasteiger partial charge in [0, 0.05) is 11.8 Å². The van der Waals surface area contributed by atoms with E-state index in [9.17, 15) is 14.4 Å². The zero-order chi connectivity index (χ0) is 14.7. The lowest BCUT2D eigenvalue weighted by atomic mass is 10.1. The van der Waals surface area contributed by atoms with E-state index in [0.717, 1.165) is 4.88 Å². The Balaban J connectivity index is 2.94. The molecular formula is C12H16N2O4S. The quantitative estimate of drug-likeness (QED) is 0.781. The third-order valence-electron chi connectivity index (χ3n) is 2.65. The topological polar surface area (TPSA) is 95.5 Å². The maximum Gasteiger partial charge on any atom is 0.338 e. The number of carbonyl (C=O) groups excluding carboxylic acids is 2. The van der Waals surface area contributed by atoms with Gasteiger partial charge in [0.05, 0.1) is 5.56 Å². The Morgan fingerprint density at radius 3 is 2.32 bits per heavy atom. The van der Waals surface area contributed by atoms with Crippen LogP contribution in [0.5, 0.6) is 0 Å². The van der Waals surface area contributed by atoms with E-state index in [1.807, 2.05) is 0 Å². The molecule has 0 radical (unpaired) electrons. The second kappa shape index (κ2) is 5.83. The van der Waals surface area contributed by atoms with E-state index >= 15 is 0 Å². The Labute approximate surface area is 114 Å². The van der Waals surface area contributed by atoms with E-state index in [0.29, 0.717) is 10.6 Å². The molecule has 19 heavy (non-hydrogen) atoms. The van der Waals surface area contributed by atoms with Gasteiger partial charge in [-0.3, -0.25) is 9.59 Å². The van der Waals surface area contributed by atoms with Gasteiger partial charge < -0.3 is 15.7 Å². The molecule has 3 N–H and O–H groups in total. The third kappa shape index (κ3) is 3.54. The average molecular weight is 284 g/mol. The van der Waals surface area contributed by atoms with E-state index in [4.69, 9.17) is 5.11 Å². The average Bonchev–Trinajstić information content (AvgIpc) is 2.53. The zero-order valence-electron chi connectivity index (χ0n) is 11.2. The SMILES string of the molecule is CC(=O)NC(C)C(=O)Nc1sc(C)c(C)c1C(=O)O. The highest BCUT2D eigenvalue weighted by atomic mass is 32.1. The summed E-state index contributed by atoms with van der Waals surface area (Å²) in [6.07, 6.45) is 0. The minimum atomic E-state index is -1.08. The first kappa shape index (κ1) is 15.2. The summed E-state index contributed by atoms with van der Waals surface area (Å²) >= 11 is 1.21. The van der Waals surface area contributed by atoms with Crippen LogP contribution in [0.2, 0.25) is 0 Å². The second-order valence-corrected chi connectivity index (χ2v) is 5.43. The molecule has 0 aromatic carbocycles.